The quantitative estimate of drug-likeness (QED) is 0.553. The summed E-state index contributed by atoms with van der Waals surface area (Å²) in [6.45, 7) is 2.89. The lowest BCUT2D eigenvalue weighted by atomic mass is 9.85. The second-order valence-electron chi connectivity index (χ2n) is 7.64. The Hall–Kier alpha value is -3.24. The summed E-state index contributed by atoms with van der Waals surface area (Å²) in [6.07, 6.45) is 4.74. The number of benzene rings is 2. The van der Waals surface area contributed by atoms with Crippen LogP contribution in [0, 0.1) is 0 Å². The number of H-pyrrole nitrogens is 1. The minimum atomic E-state index is 0.137. The first kappa shape index (κ1) is 17.8. The zero-order valence-corrected chi connectivity index (χ0v) is 16.3. The lowest BCUT2D eigenvalue weighted by Crippen LogP contribution is -2.30. The van der Waals surface area contributed by atoms with Gasteiger partial charge in [0.05, 0.1) is 11.6 Å². The van der Waals surface area contributed by atoms with Crippen LogP contribution in [0.15, 0.2) is 85.2 Å². The van der Waals surface area contributed by atoms with E-state index >= 15 is 0 Å². The van der Waals surface area contributed by atoms with Gasteiger partial charge in [-0.25, -0.2) is 0 Å². The van der Waals surface area contributed by atoms with Crippen LogP contribution in [0.4, 0.5) is 0 Å². The SMILES string of the molecule is c1ccc(C(c2ccccc2)c2n[nH]c3c2CN(Cc2ccncc2)CC3)cc1. The van der Waals surface area contributed by atoms with E-state index in [9.17, 15) is 0 Å². The van der Waals surface area contributed by atoms with Crippen molar-refractivity contribution in [3.8, 4) is 0 Å². The fraction of sp³-hybridized carbons (Fsp3) is 0.200. The number of hydrogen-bond donors (Lipinski definition) is 1. The van der Waals surface area contributed by atoms with Crippen molar-refractivity contribution < 1.29 is 0 Å². The molecule has 3 heterocycles. The van der Waals surface area contributed by atoms with Crippen LogP contribution in [-0.2, 0) is 19.5 Å². The molecule has 5 rings (SSSR count). The highest BCUT2D eigenvalue weighted by atomic mass is 15.2. The number of aromatic nitrogens is 3. The molecule has 144 valence electrons. The van der Waals surface area contributed by atoms with Crippen molar-refractivity contribution in [3.05, 3.63) is 119 Å². The average molecular weight is 380 g/mol. The third-order valence-corrected chi connectivity index (χ3v) is 5.74. The molecule has 2 aromatic heterocycles. The fourth-order valence-corrected chi connectivity index (χ4v) is 4.29. The van der Waals surface area contributed by atoms with Crippen LogP contribution in [0.25, 0.3) is 0 Å². The van der Waals surface area contributed by atoms with Gasteiger partial charge < -0.3 is 0 Å². The Balaban J connectivity index is 1.50. The van der Waals surface area contributed by atoms with E-state index in [4.69, 9.17) is 5.10 Å². The average Bonchev–Trinajstić information content (AvgIpc) is 3.19. The number of rotatable bonds is 5. The Morgan fingerprint density at radius 1 is 0.862 bits per heavy atom. The van der Waals surface area contributed by atoms with Crippen molar-refractivity contribution >= 4 is 0 Å². The standard InChI is InChI=1S/C25H24N4/c1-3-7-20(8-4-1)24(21-9-5-2-6-10-21)25-22-18-29(16-13-23(22)27-28-25)17-19-11-14-26-15-12-19/h1-12,14-15,24H,13,16-18H2,(H,27,28). The molecule has 4 heteroatoms. The van der Waals surface area contributed by atoms with Gasteiger partial charge in [0.2, 0.25) is 0 Å². The minimum absolute atomic E-state index is 0.137. The van der Waals surface area contributed by atoms with Crippen LogP contribution in [0.1, 0.15) is 39.6 Å². The van der Waals surface area contributed by atoms with E-state index in [2.05, 4.69) is 87.8 Å². The maximum absolute atomic E-state index is 4.83. The molecule has 0 amide bonds. The summed E-state index contributed by atoms with van der Waals surface area (Å²) in [6, 6.07) is 25.6. The maximum Gasteiger partial charge on any atom is 0.0788 e. The molecular formula is C25H24N4. The number of fused-ring (bicyclic) bond motifs is 1. The first-order valence-electron chi connectivity index (χ1n) is 10.2. The van der Waals surface area contributed by atoms with Crippen LogP contribution in [0.2, 0.25) is 0 Å². The third-order valence-electron chi connectivity index (χ3n) is 5.74. The topological polar surface area (TPSA) is 44.8 Å². The van der Waals surface area contributed by atoms with E-state index in [1.54, 1.807) is 0 Å². The number of nitrogens with one attached hydrogen (secondary N) is 1. The van der Waals surface area contributed by atoms with Crippen molar-refractivity contribution in [1.82, 2.24) is 20.1 Å². The lowest BCUT2D eigenvalue weighted by Gasteiger charge is -2.28. The first-order valence-corrected chi connectivity index (χ1v) is 10.2. The molecule has 0 aliphatic carbocycles. The Morgan fingerprint density at radius 2 is 1.52 bits per heavy atom. The van der Waals surface area contributed by atoms with Gasteiger partial charge in [0, 0.05) is 49.7 Å². The molecule has 0 saturated carbocycles. The molecule has 0 radical (unpaired) electrons. The normalized spacial score (nSPS) is 14.1. The largest absolute Gasteiger partial charge is 0.294 e. The molecule has 0 fully saturated rings. The smallest absolute Gasteiger partial charge is 0.0788 e. The lowest BCUT2D eigenvalue weighted by molar-refractivity contribution is 0.244. The molecule has 1 N–H and O–H groups in total. The number of pyridine rings is 1. The van der Waals surface area contributed by atoms with E-state index in [0.717, 1.165) is 31.7 Å². The van der Waals surface area contributed by atoms with Crippen molar-refractivity contribution in [3.63, 3.8) is 0 Å². The predicted octanol–water partition coefficient (Wildman–Crippen LogP) is 4.54. The molecule has 0 spiro atoms. The highest BCUT2D eigenvalue weighted by Crippen LogP contribution is 2.35. The first-order chi connectivity index (χ1) is 14.4. The summed E-state index contributed by atoms with van der Waals surface area (Å²) < 4.78 is 0. The van der Waals surface area contributed by atoms with Gasteiger partial charge in [-0.1, -0.05) is 60.7 Å². The van der Waals surface area contributed by atoms with Crippen molar-refractivity contribution in [2.45, 2.75) is 25.4 Å². The summed E-state index contributed by atoms with van der Waals surface area (Å²) in [4.78, 5) is 6.64. The Kier molecular flexibility index (Phi) is 4.93. The van der Waals surface area contributed by atoms with Crippen LogP contribution in [0.5, 0.6) is 0 Å². The highest BCUT2D eigenvalue weighted by Gasteiger charge is 2.28. The molecule has 4 aromatic rings. The predicted molar refractivity (Wildman–Crippen MR) is 114 cm³/mol. The zero-order chi connectivity index (χ0) is 19.5. The maximum atomic E-state index is 4.83. The van der Waals surface area contributed by atoms with E-state index in [1.165, 1.54) is 27.9 Å². The molecular weight excluding hydrogens is 356 g/mol. The number of nitrogens with zero attached hydrogens (tertiary/aromatic N) is 3. The van der Waals surface area contributed by atoms with Gasteiger partial charge in [-0.05, 0) is 28.8 Å². The van der Waals surface area contributed by atoms with Crippen LogP contribution >= 0.6 is 0 Å². The summed E-state index contributed by atoms with van der Waals surface area (Å²) in [7, 11) is 0. The van der Waals surface area contributed by atoms with Gasteiger partial charge in [0.15, 0.2) is 0 Å². The Labute approximate surface area is 171 Å². The van der Waals surface area contributed by atoms with Crippen LogP contribution in [0.3, 0.4) is 0 Å². The molecule has 1 aliphatic rings. The molecule has 0 saturated heterocycles. The molecule has 0 unspecified atom stereocenters. The molecule has 0 bridgehead atoms. The summed E-state index contributed by atoms with van der Waals surface area (Å²) in [5, 5.41) is 8.17. The second kappa shape index (κ2) is 8.02. The van der Waals surface area contributed by atoms with Gasteiger partial charge >= 0.3 is 0 Å². The number of hydrogen-bond acceptors (Lipinski definition) is 3. The van der Waals surface area contributed by atoms with Crippen molar-refractivity contribution in [1.29, 1.82) is 0 Å². The Bertz CT molecular complexity index is 1020. The molecule has 29 heavy (non-hydrogen) atoms. The summed E-state index contributed by atoms with van der Waals surface area (Å²) in [5.41, 5.74) is 7.64. The van der Waals surface area contributed by atoms with Crippen molar-refractivity contribution in [2.24, 2.45) is 0 Å². The monoisotopic (exact) mass is 380 g/mol. The molecule has 2 aromatic carbocycles. The zero-order valence-electron chi connectivity index (χ0n) is 16.3. The second-order valence-corrected chi connectivity index (χ2v) is 7.64. The molecule has 4 nitrogen and oxygen atoms in total. The summed E-state index contributed by atoms with van der Waals surface area (Å²) in [5.74, 6) is 0.137. The van der Waals surface area contributed by atoms with Gasteiger partial charge in [-0.15, -0.1) is 0 Å². The molecule has 1 aliphatic heterocycles. The van der Waals surface area contributed by atoms with Gasteiger partial charge in [0.1, 0.15) is 0 Å². The molecule has 0 atom stereocenters. The van der Waals surface area contributed by atoms with Gasteiger partial charge in [-0.2, -0.15) is 5.10 Å². The number of aromatic amines is 1. The van der Waals surface area contributed by atoms with Gasteiger partial charge in [0.25, 0.3) is 0 Å². The van der Waals surface area contributed by atoms with E-state index in [0.29, 0.717) is 0 Å². The van der Waals surface area contributed by atoms with E-state index in [1.807, 2.05) is 12.4 Å². The van der Waals surface area contributed by atoms with Crippen LogP contribution < -0.4 is 0 Å². The minimum Gasteiger partial charge on any atom is -0.294 e. The van der Waals surface area contributed by atoms with E-state index in [-0.39, 0.29) is 5.92 Å². The third kappa shape index (κ3) is 3.71. The van der Waals surface area contributed by atoms with Crippen LogP contribution in [-0.4, -0.2) is 26.6 Å². The Morgan fingerprint density at radius 3 is 2.17 bits per heavy atom. The highest BCUT2D eigenvalue weighted by molar-refractivity contribution is 5.45. The van der Waals surface area contributed by atoms with Gasteiger partial charge in [-0.3, -0.25) is 15.0 Å². The fourth-order valence-electron chi connectivity index (χ4n) is 4.29. The van der Waals surface area contributed by atoms with E-state index < -0.39 is 0 Å². The summed E-state index contributed by atoms with van der Waals surface area (Å²) >= 11 is 0. The van der Waals surface area contributed by atoms with Crippen molar-refractivity contribution in [2.75, 3.05) is 6.54 Å².